The van der Waals surface area contributed by atoms with E-state index in [1.807, 2.05) is 6.92 Å². The largest absolute Gasteiger partial charge is 0.478 e. The minimum Gasteiger partial charge on any atom is -0.478 e. The number of hydrogen-bond acceptors (Lipinski definition) is 3. The first-order valence-electron chi connectivity index (χ1n) is 4.86. The summed E-state index contributed by atoms with van der Waals surface area (Å²) in [6.07, 6.45) is 4.46. The number of allylic oxidation sites excluding steroid dienone is 2. The number of nitrogens with zero attached hydrogens (tertiary/aromatic N) is 2. The van der Waals surface area contributed by atoms with Crippen molar-refractivity contribution in [1.29, 1.82) is 0 Å². The lowest BCUT2D eigenvalue weighted by atomic mass is 10.1. The van der Waals surface area contributed by atoms with Crippen molar-refractivity contribution in [3.63, 3.8) is 0 Å². The Kier molecular flexibility index (Phi) is 2.97. The molecule has 0 saturated heterocycles. The van der Waals surface area contributed by atoms with E-state index in [2.05, 4.69) is 20.9 Å². The summed E-state index contributed by atoms with van der Waals surface area (Å²) in [4.78, 5) is 27.7. The second-order valence-electron chi connectivity index (χ2n) is 3.72. The highest BCUT2D eigenvalue weighted by Crippen LogP contribution is 2.25. The molecule has 0 saturated carbocycles. The number of carboxylic acid groups (broad SMARTS) is 1. The van der Waals surface area contributed by atoms with Crippen LogP contribution in [0.5, 0.6) is 0 Å². The quantitative estimate of drug-likeness (QED) is 0.743. The van der Waals surface area contributed by atoms with Gasteiger partial charge in [-0.3, -0.25) is 4.79 Å². The molecule has 0 atom stereocenters. The van der Waals surface area contributed by atoms with Crippen LogP contribution < -0.4 is 0 Å². The third-order valence-electron chi connectivity index (χ3n) is 2.41. The Hall–Kier alpha value is -1.69. The van der Waals surface area contributed by atoms with Gasteiger partial charge in [-0.2, -0.15) is 4.99 Å². The third kappa shape index (κ3) is 2.36. The van der Waals surface area contributed by atoms with Gasteiger partial charge in [0.05, 0.1) is 6.54 Å². The van der Waals surface area contributed by atoms with Crippen molar-refractivity contribution in [2.75, 3.05) is 6.54 Å². The highest BCUT2D eigenvalue weighted by Gasteiger charge is 2.25. The van der Waals surface area contributed by atoms with Gasteiger partial charge < -0.3 is 10.0 Å². The van der Waals surface area contributed by atoms with Gasteiger partial charge in [0.2, 0.25) is 0 Å². The Balaban J connectivity index is 2.39. The van der Waals surface area contributed by atoms with Crippen LogP contribution in [0.3, 0.4) is 0 Å². The number of hydrogen-bond donors (Lipinski definition) is 1. The second kappa shape index (κ2) is 4.29. The van der Waals surface area contributed by atoms with E-state index >= 15 is 0 Å². The molecule has 1 amide bonds. The molecule has 5 nitrogen and oxygen atoms in total. The topological polar surface area (TPSA) is 70.0 Å². The molecule has 88 valence electrons. The number of fused-ring (bicyclic) bond motifs is 1. The third-order valence-corrected chi connectivity index (χ3v) is 3.25. The van der Waals surface area contributed by atoms with E-state index in [9.17, 15) is 9.59 Å². The van der Waals surface area contributed by atoms with E-state index < -0.39 is 11.9 Å². The molecule has 1 N–H and O–H groups in total. The molecule has 0 radical (unpaired) electrons. The van der Waals surface area contributed by atoms with Crippen molar-refractivity contribution >= 4 is 33.6 Å². The minimum atomic E-state index is -1.14. The van der Waals surface area contributed by atoms with Crippen LogP contribution in [0.4, 0.5) is 0 Å². The van der Waals surface area contributed by atoms with Crippen molar-refractivity contribution in [1.82, 2.24) is 4.90 Å². The van der Waals surface area contributed by atoms with Crippen molar-refractivity contribution in [2.24, 2.45) is 4.99 Å². The number of aliphatic carboxylic acids is 1. The van der Waals surface area contributed by atoms with Crippen LogP contribution in [0, 0.1) is 0 Å². The number of carbonyl (C=O) groups excluding carboxylic acids is 1. The molecule has 2 aliphatic heterocycles. The second-order valence-corrected chi connectivity index (χ2v) is 4.57. The number of amidine groups is 1. The maximum atomic E-state index is 11.6. The number of carboxylic acids is 1. The van der Waals surface area contributed by atoms with Crippen molar-refractivity contribution < 1.29 is 14.7 Å². The number of aliphatic imine (C=N–C) groups is 1. The van der Waals surface area contributed by atoms with Gasteiger partial charge in [-0.15, -0.1) is 0 Å². The minimum absolute atomic E-state index is 0.172. The zero-order valence-electron chi connectivity index (χ0n) is 8.98. The fraction of sp³-hybridized carbons (Fsp3) is 0.182. The number of rotatable bonds is 1. The molecule has 0 aromatic rings. The van der Waals surface area contributed by atoms with E-state index in [-0.39, 0.29) is 12.1 Å². The summed E-state index contributed by atoms with van der Waals surface area (Å²) in [5.74, 6) is -1.09. The van der Waals surface area contributed by atoms with Crippen LogP contribution in [0.1, 0.15) is 6.92 Å². The zero-order valence-corrected chi connectivity index (χ0v) is 10.6. The molecular weight excluding hydrogens is 288 g/mol. The first-order valence-corrected chi connectivity index (χ1v) is 5.66. The SMILES string of the molecule is CC1=CC2=NC(=O)/C(=C\C(=O)O)CN2C=C1Br. The lowest BCUT2D eigenvalue weighted by molar-refractivity contribution is -0.131. The molecule has 0 aromatic heterocycles. The first kappa shape index (κ1) is 11.8. The number of amides is 1. The molecule has 0 aliphatic carbocycles. The summed E-state index contributed by atoms with van der Waals surface area (Å²) < 4.78 is 0.889. The van der Waals surface area contributed by atoms with Gasteiger partial charge in [0, 0.05) is 22.3 Å². The Morgan fingerprint density at radius 3 is 3.00 bits per heavy atom. The molecule has 0 aromatic carbocycles. The molecule has 2 aliphatic rings. The smallest absolute Gasteiger partial charge is 0.328 e. The van der Waals surface area contributed by atoms with Gasteiger partial charge in [-0.25, -0.2) is 4.79 Å². The van der Waals surface area contributed by atoms with Crippen LogP contribution in [0.15, 0.2) is 39.0 Å². The fourth-order valence-corrected chi connectivity index (χ4v) is 1.92. The highest BCUT2D eigenvalue weighted by atomic mass is 79.9. The predicted molar refractivity (Wildman–Crippen MR) is 65.6 cm³/mol. The summed E-state index contributed by atoms with van der Waals surface area (Å²) in [5, 5.41) is 8.64. The molecule has 0 spiro atoms. The van der Waals surface area contributed by atoms with Gasteiger partial charge in [0.1, 0.15) is 5.84 Å². The Morgan fingerprint density at radius 1 is 1.65 bits per heavy atom. The predicted octanol–water partition coefficient (Wildman–Crippen LogP) is 1.43. The van der Waals surface area contributed by atoms with Crippen LogP contribution in [-0.4, -0.2) is 34.3 Å². The Bertz CT molecular complexity index is 529. The summed E-state index contributed by atoms with van der Waals surface area (Å²) >= 11 is 3.38. The summed E-state index contributed by atoms with van der Waals surface area (Å²) in [6.45, 7) is 2.12. The van der Waals surface area contributed by atoms with E-state index in [1.54, 1.807) is 17.2 Å². The van der Waals surface area contributed by atoms with E-state index in [0.29, 0.717) is 5.84 Å². The molecule has 6 heteroatoms. The van der Waals surface area contributed by atoms with Gasteiger partial charge in [0.25, 0.3) is 5.91 Å². The van der Waals surface area contributed by atoms with Gasteiger partial charge in [0.15, 0.2) is 0 Å². The van der Waals surface area contributed by atoms with E-state index in [1.165, 1.54) is 0 Å². The van der Waals surface area contributed by atoms with Crippen LogP contribution >= 0.6 is 15.9 Å². The standard InChI is InChI=1S/C11H9BrN2O3/c1-6-2-9-13-11(17)7(3-10(15)16)4-14(9)5-8(6)12/h2-3,5H,4H2,1H3,(H,15,16)/b7-3-. The van der Waals surface area contributed by atoms with Gasteiger partial charge in [-0.1, -0.05) is 0 Å². The van der Waals surface area contributed by atoms with E-state index in [4.69, 9.17) is 5.11 Å². The summed E-state index contributed by atoms with van der Waals surface area (Å²) in [7, 11) is 0. The van der Waals surface area contributed by atoms with Crippen molar-refractivity contribution in [3.8, 4) is 0 Å². The lowest BCUT2D eigenvalue weighted by Crippen LogP contribution is -2.35. The zero-order chi connectivity index (χ0) is 12.6. The average Bonchev–Trinajstić information content (AvgIpc) is 2.22. The number of halogens is 1. The average molecular weight is 297 g/mol. The molecule has 0 bridgehead atoms. The Morgan fingerprint density at radius 2 is 2.35 bits per heavy atom. The van der Waals surface area contributed by atoms with Crippen molar-refractivity contribution in [2.45, 2.75) is 6.92 Å². The molecule has 0 unspecified atom stereocenters. The number of carbonyl (C=O) groups is 2. The molecule has 17 heavy (non-hydrogen) atoms. The van der Waals surface area contributed by atoms with Crippen LogP contribution in [-0.2, 0) is 9.59 Å². The van der Waals surface area contributed by atoms with E-state index in [0.717, 1.165) is 16.1 Å². The summed E-state index contributed by atoms with van der Waals surface area (Å²) in [6, 6.07) is 0. The van der Waals surface area contributed by atoms with Crippen molar-refractivity contribution in [3.05, 3.63) is 34.0 Å². The van der Waals surface area contributed by atoms with Crippen LogP contribution in [0.2, 0.25) is 0 Å². The molecular formula is C11H9BrN2O3. The maximum Gasteiger partial charge on any atom is 0.328 e. The maximum absolute atomic E-state index is 11.6. The molecule has 2 rings (SSSR count). The van der Waals surface area contributed by atoms with Gasteiger partial charge >= 0.3 is 5.97 Å². The fourth-order valence-electron chi connectivity index (χ4n) is 1.56. The molecule has 2 heterocycles. The lowest BCUT2D eigenvalue weighted by Gasteiger charge is -2.28. The molecule has 0 fully saturated rings. The Labute approximate surface area is 106 Å². The van der Waals surface area contributed by atoms with Crippen LogP contribution in [0.25, 0.3) is 0 Å². The summed E-state index contributed by atoms with van der Waals surface area (Å²) in [5.41, 5.74) is 1.14. The monoisotopic (exact) mass is 296 g/mol. The first-order chi connectivity index (χ1) is 7.97. The normalized spacial score (nSPS) is 21.8. The van der Waals surface area contributed by atoms with Gasteiger partial charge in [-0.05, 0) is 34.5 Å². The highest BCUT2D eigenvalue weighted by molar-refractivity contribution is 9.12.